The Morgan fingerprint density at radius 2 is 2.04 bits per heavy atom. The molecular formula is C20H24N4O2. The van der Waals surface area contributed by atoms with Crippen LogP contribution in [0.25, 0.3) is 0 Å². The summed E-state index contributed by atoms with van der Waals surface area (Å²) in [6.07, 6.45) is 6.87. The summed E-state index contributed by atoms with van der Waals surface area (Å²) < 4.78 is 5.99. The molecule has 2 atom stereocenters. The van der Waals surface area contributed by atoms with Crippen LogP contribution in [0.4, 0.5) is 0 Å². The second-order valence-corrected chi connectivity index (χ2v) is 6.93. The number of ether oxygens (including phenoxy) is 1. The fourth-order valence-corrected chi connectivity index (χ4v) is 3.86. The number of nitrogens with zero attached hydrogens (tertiary/aromatic N) is 4. The summed E-state index contributed by atoms with van der Waals surface area (Å²) in [4.78, 5) is 25.5. The third-order valence-corrected chi connectivity index (χ3v) is 5.25. The van der Waals surface area contributed by atoms with Gasteiger partial charge in [-0.2, -0.15) is 0 Å². The summed E-state index contributed by atoms with van der Waals surface area (Å²) in [5.41, 5.74) is 2.07. The van der Waals surface area contributed by atoms with E-state index in [4.69, 9.17) is 4.74 Å². The lowest BCUT2D eigenvalue weighted by Gasteiger charge is -2.47. The highest BCUT2D eigenvalue weighted by Crippen LogP contribution is 2.25. The molecule has 0 spiro atoms. The highest BCUT2D eigenvalue weighted by Gasteiger charge is 2.38. The Labute approximate surface area is 153 Å². The molecule has 1 amide bonds. The number of pyridine rings is 2. The van der Waals surface area contributed by atoms with E-state index < -0.39 is 0 Å². The van der Waals surface area contributed by atoms with Crippen molar-refractivity contribution in [3.8, 4) is 0 Å². The van der Waals surface area contributed by atoms with Gasteiger partial charge in [-0.1, -0.05) is 6.07 Å². The monoisotopic (exact) mass is 352 g/mol. The van der Waals surface area contributed by atoms with Crippen molar-refractivity contribution in [2.75, 3.05) is 26.2 Å². The third kappa shape index (κ3) is 3.92. The van der Waals surface area contributed by atoms with Crippen LogP contribution in [0.15, 0.2) is 48.9 Å². The van der Waals surface area contributed by atoms with Crippen LogP contribution < -0.4 is 0 Å². The number of fused-ring (bicyclic) bond motifs is 1. The van der Waals surface area contributed by atoms with Crippen LogP contribution in [0.1, 0.15) is 17.7 Å². The zero-order valence-electron chi connectivity index (χ0n) is 14.8. The molecule has 2 aliphatic rings. The van der Waals surface area contributed by atoms with Crippen LogP contribution in [0, 0.1) is 0 Å². The first kappa shape index (κ1) is 17.1. The minimum Gasteiger partial charge on any atom is -0.375 e. The lowest BCUT2D eigenvalue weighted by atomic mass is 9.97. The fourth-order valence-electron chi connectivity index (χ4n) is 3.86. The zero-order valence-corrected chi connectivity index (χ0v) is 14.8. The summed E-state index contributed by atoms with van der Waals surface area (Å²) in [6.45, 7) is 4.01. The number of carbonyl (C=O) groups excluding carboxylic acids is 1. The van der Waals surface area contributed by atoms with Crippen LogP contribution >= 0.6 is 0 Å². The number of amides is 1. The van der Waals surface area contributed by atoms with E-state index in [9.17, 15) is 4.79 Å². The number of morpholine rings is 1. The fraction of sp³-hybridized carbons (Fsp3) is 0.450. The second-order valence-electron chi connectivity index (χ2n) is 6.93. The molecule has 0 N–H and O–H groups in total. The van der Waals surface area contributed by atoms with E-state index in [0.29, 0.717) is 6.42 Å². The molecule has 4 rings (SSSR count). The first-order valence-corrected chi connectivity index (χ1v) is 9.22. The molecule has 136 valence electrons. The zero-order chi connectivity index (χ0) is 17.8. The summed E-state index contributed by atoms with van der Waals surface area (Å²) in [5.74, 6) is 0.150. The molecule has 2 saturated heterocycles. The van der Waals surface area contributed by atoms with Gasteiger partial charge in [-0.05, 0) is 36.2 Å². The highest BCUT2D eigenvalue weighted by atomic mass is 16.5. The number of rotatable bonds is 4. The summed E-state index contributed by atoms with van der Waals surface area (Å²) >= 11 is 0. The quantitative estimate of drug-likeness (QED) is 0.835. The number of piperidine rings is 1. The molecule has 2 aliphatic heterocycles. The van der Waals surface area contributed by atoms with Gasteiger partial charge in [0.25, 0.3) is 0 Å². The van der Waals surface area contributed by atoms with Crippen LogP contribution in [0.3, 0.4) is 0 Å². The van der Waals surface area contributed by atoms with Crippen molar-refractivity contribution in [1.29, 1.82) is 0 Å². The van der Waals surface area contributed by atoms with E-state index in [1.807, 2.05) is 35.5 Å². The molecule has 6 nitrogen and oxygen atoms in total. The molecule has 0 aromatic carbocycles. The summed E-state index contributed by atoms with van der Waals surface area (Å²) in [5, 5.41) is 0. The van der Waals surface area contributed by atoms with Crippen molar-refractivity contribution in [2.45, 2.75) is 31.5 Å². The molecule has 0 radical (unpaired) electrons. The van der Waals surface area contributed by atoms with E-state index in [-0.39, 0.29) is 18.1 Å². The van der Waals surface area contributed by atoms with Gasteiger partial charge in [-0.15, -0.1) is 0 Å². The lowest BCUT2D eigenvalue weighted by molar-refractivity contribution is -0.142. The maximum atomic E-state index is 12.7. The first-order chi connectivity index (χ1) is 12.8. The minimum absolute atomic E-state index is 0.150. The van der Waals surface area contributed by atoms with Gasteiger partial charge >= 0.3 is 0 Å². The highest BCUT2D eigenvalue weighted by molar-refractivity contribution is 5.78. The van der Waals surface area contributed by atoms with Crippen LogP contribution in [-0.2, 0) is 22.5 Å². The van der Waals surface area contributed by atoms with Crippen molar-refractivity contribution < 1.29 is 9.53 Å². The van der Waals surface area contributed by atoms with Gasteiger partial charge in [0.2, 0.25) is 5.91 Å². The lowest BCUT2D eigenvalue weighted by Crippen LogP contribution is -2.60. The van der Waals surface area contributed by atoms with Gasteiger partial charge in [0, 0.05) is 50.5 Å². The molecule has 0 unspecified atom stereocenters. The van der Waals surface area contributed by atoms with Gasteiger partial charge in [0.1, 0.15) is 0 Å². The van der Waals surface area contributed by atoms with Gasteiger partial charge in [0.15, 0.2) is 0 Å². The summed E-state index contributed by atoms with van der Waals surface area (Å²) in [6, 6.07) is 10.1. The Morgan fingerprint density at radius 3 is 2.85 bits per heavy atom. The van der Waals surface area contributed by atoms with E-state index in [2.05, 4.69) is 27.0 Å². The van der Waals surface area contributed by atoms with E-state index in [0.717, 1.165) is 44.9 Å². The standard InChI is InChI=1S/C20H24N4O2/c25-20(13-17-3-1-2-7-22-17)24-10-6-19-18(15-24)23(11-12-26-19)14-16-4-8-21-9-5-16/h1-5,7-9,18-19H,6,10-15H2/t18-,19-/m0/s1. The van der Waals surface area contributed by atoms with Gasteiger partial charge in [-0.25, -0.2) is 0 Å². The average Bonchev–Trinajstić information content (AvgIpc) is 2.69. The third-order valence-electron chi connectivity index (χ3n) is 5.25. The molecule has 0 saturated carbocycles. The Kier molecular flexibility index (Phi) is 5.22. The van der Waals surface area contributed by atoms with E-state index in [1.54, 1.807) is 6.20 Å². The Morgan fingerprint density at radius 1 is 1.15 bits per heavy atom. The predicted molar refractivity (Wildman–Crippen MR) is 97.3 cm³/mol. The number of likely N-dealkylation sites (tertiary alicyclic amines) is 1. The van der Waals surface area contributed by atoms with Crippen molar-refractivity contribution in [2.24, 2.45) is 0 Å². The number of hydrogen-bond acceptors (Lipinski definition) is 5. The van der Waals surface area contributed by atoms with Crippen molar-refractivity contribution in [1.82, 2.24) is 19.8 Å². The second kappa shape index (κ2) is 7.93. The first-order valence-electron chi connectivity index (χ1n) is 9.22. The van der Waals surface area contributed by atoms with E-state index in [1.165, 1.54) is 5.56 Å². The number of hydrogen-bond donors (Lipinski definition) is 0. The van der Waals surface area contributed by atoms with Crippen LogP contribution in [0.5, 0.6) is 0 Å². The van der Waals surface area contributed by atoms with E-state index >= 15 is 0 Å². The Hall–Kier alpha value is -2.31. The van der Waals surface area contributed by atoms with Crippen molar-refractivity contribution in [3.63, 3.8) is 0 Å². The normalized spacial score (nSPS) is 23.5. The Balaban J connectivity index is 1.42. The molecule has 2 aromatic rings. The molecule has 26 heavy (non-hydrogen) atoms. The average molecular weight is 352 g/mol. The topological polar surface area (TPSA) is 58.6 Å². The molecule has 2 aromatic heterocycles. The van der Waals surface area contributed by atoms with Gasteiger partial charge in [0.05, 0.1) is 25.2 Å². The molecule has 0 aliphatic carbocycles. The van der Waals surface area contributed by atoms with Crippen molar-refractivity contribution >= 4 is 5.91 Å². The van der Waals surface area contributed by atoms with Gasteiger partial charge < -0.3 is 9.64 Å². The molecule has 0 bridgehead atoms. The molecular weight excluding hydrogens is 328 g/mol. The molecule has 4 heterocycles. The van der Waals surface area contributed by atoms with Crippen molar-refractivity contribution in [3.05, 3.63) is 60.2 Å². The predicted octanol–water partition coefficient (Wildman–Crippen LogP) is 1.52. The minimum atomic E-state index is 0.150. The maximum absolute atomic E-state index is 12.7. The summed E-state index contributed by atoms with van der Waals surface area (Å²) in [7, 11) is 0. The molecule has 2 fully saturated rings. The smallest absolute Gasteiger partial charge is 0.228 e. The maximum Gasteiger partial charge on any atom is 0.228 e. The Bertz CT molecular complexity index is 725. The largest absolute Gasteiger partial charge is 0.375 e. The number of aromatic nitrogens is 2. The molecule has 6 heteroatoms. The SMILES string of the molecule is O=C(Cc1ccccn1)N1CC[C@@H]2OCCN(Cc3ccncc3)[C@H]2C1. The van der Waals surface area contributed by atoms with Gasteiger partial charge in [-0.3, -0.25) is 19.7 Å². The van der Waals surface area contributed by atoms with Crippen LogP contribution in [-0.4, -0.2) is 64.1 Å². The van der Waals surface area contributed by atoms with Crippen LogP contribution in [0.2, 0.25) is 0 Å². The number of carbonyl (C=O) groups is 1.